The quantitative estimate of drug-likeness (QED) is 0.875. The number of para-hydroxylation sites is 1. The SMILES string of the molecule is O=C(O)C1c2ccsc2CCN1C(=O)N1CCc2ccccc21. The Balaban J connectivity index is 1.68. The highest BCUT2D eigenvalue weighted by Gasteiger charge is 2.39. The number of hydrogen-bond acceptors (Lipinski definition) is 3. The summed E-state index contributed by atoms with van der Waals surface area (Å²) >= 11 is 1.57. The molecule has 23 heavy (non-hydrogen) atoms. The maximum Gasteiger partial charge on any atom is 0.331 e. The molecule has 1 aromatic heterocycles. The van der Waals surface area contributed by atoms with Crippen molar-refractivity contribution in [2.45, 2.75) is 18.9 Å². The number of fused-ring (bicyclic) bond motifs is 2. The Bertz CT molecular complexity index is 786. The fourth-order valence-electron chi connectivity index (χ4n) is 3.48. The van der Waals surface area contributed by atoms with Crippen molar-refractivity contribution in [1.29, 1.82) is 0 Å². The van der Waals surface area contributed by atoms with Crippen LogP contribution in [-0.4, -0.2) is 35.1 Å². The van der Waals surface area contributed by atoms with Crippen LogP contribution in [0.2, 0.25) is 0 Å². The number of aliphatic carboxylic acids is 1. The number of carbonyl (C=O) groups is 2. The van der Waals surface area contributed by atoms with E-state index in [0.717, 1.165) is 34.5 Å². The molecule has 2 amide bonds. The average Bonchev–Trinajstić information content (AvgIpc) is 3.19. The zero-order chi connectivity index (χ0) is 16.0. The summed E-state index contributed by atoms with van der Waals surface area (Å²) in [6.07, 6.45) is 1.54. The molecule has 0 bridgehead atoms. The molecule has 0 saturated heterocycles. The third-order valence-corrected chi connectivity index (χ3v) is 5.56. The third-order valence-electron chi connectivity index (χ3n) is 4.56. The van der Waals surface area contributed by atoms with Gasteiger partial charge in [-0.2, -0.15) is 0 Å². The van der Waals surface area contributed by atoms with E-state index in [4.69, 9.17) is 0 Å². The van der Waals surface area contributed by atoms with Crippen molar-refractivity contribution >= 4 is 29.0 Å². The minimum Gasteiger partial charge on any atom is -0.479 e. The first kappa shape index (κ1) is 14.3. The number of carboxylic acids is 1. The van der Waals surface area contributed by atoms with Crippen molar-refractivity contribution < 1.29 is 14.7 Å². The van der Waals surface area contributed by atoms with Crippen LogP contribution in [0.15, 0.2) is 35.7 Å². The highest BCUT2D eigenvalue weighted by Crippen LogP contribution is 2.36. The van der Waals surface area contributed by atoms with Crippen LogP contribution in [-0.2, 0) is 17.6 Å². The van der Waals surface area contributed by atoms with Crippen LogP contribution in [0.4, 0.5) is 10.5 Å². The van der Waals surface area contributed by atoms with Crippen LogP contribution in [0.25, 0.3) is 0 Å². The number of nitrogens with zero attached hydrogens (tertiary/aromatic N) is 2. The zero-order valence-electron chi connectivity index (χ0n) is 12.4. The van der Waals surface area contributed by atoms with E-state index < -0.39 is 12.0 Å². The van der Waals surface area contributed by atoms with Gasteiger partial charge in [0.1, 0.15) is 0 Å². The fourth-order valence-corrected chi connectivity index (χ4v) is 4.38. The van der Waals surface area contributed by atoms with E-state index in [1.807, 2.05) is 35.7 Å². The number of benzene rings is 1. The Hall–Kier alpha value is -2.34. The van der Waals surface area contributed by atoms with Gasteiger partial charge in [0.25, 0.3) is 0 Å². The lowest BCUT2D eigenvalue weighted by Gasteiger charge is -2.36. The fraction of sp³-hybridized carbons (Fsp3) is 0.294. The molecule has 2 aliphatic rings. The molecule has 5 nitrogen and oxygen atoms in total. The van der Waals surface area contributed by atoms with E-state index in [-0.39, 0.29) is 6.03 Å². The van der Waals surface area contributed by atoms with Gasteiger partial charge in [-0.3, -0.25) is 4.90 Å². The highest BCUT2D eigenvalue weighted by molar-refractivity contribution is 7.10. The summed E-state index contributed by atoms with van der Waals surface area (Å²) in [5, 5.41) is 11.6. The summed E-state index contributed by atoms with van der Waals surface area (Å²) in [5.74, 6) is -0.967. The molecule has 0 saturated carbocycles. The monoisotopic (exact) mass is 328 g/mol. The number of amides is 2. The molecule has 1 N–H and O–H groups in total. The molecule has 0 aliphatic carbocycles. The molecule has 4 rings (SSSR count). The normalized spacial score (nSPS) is 19.4. The van der Waals surface area contributed by atoms with Gasteiger partial charge >= 0.3 is 12.0 Å². The van der Waals surface area contributed by atoms with Crippen molar-refractivity contribution in [2.24, 2.45) is 0 Å². The van der Waals surface area contributed by atoms with Gasteiger partial charge in [-0.05, 0) is 41.5 Å². The number of thiophene rings is 1. The predicted octanol–water partition coefficient (Wildman–Crippen LogP) is 2.91. The largest absolute Gasteiger partial charge is 0.479 e. The van der Waals surface area contributed by atoms with Gasteiger partial charge in [0.05, 0.1) is 0 Å². The standard InChI is InChI=1S/C17H16N2O3S/c20-16(21)15-12-7-10-23-14(12)6-9-19(15)17(22)18-8-5-11-3-1-2-4-13(11)18/h1-4,7,10,15H,5-6,8-9H2,(H,20,21). The van der Waals surface area contributed by atoms with Crippen molar-refractivity contribution in [3.63, 3.8) is 0 Å². The number of rotatable bonds is 1. The minimum atomic E-state index is -0.967. The highest BCUT2D eigenvalue weighted by atomic mass is 32.1. The number of urea groups is 1. The number of anilines is 1. The molecule has 1 aromatic carbocycles. The first-order valence-electron chi connectivity index (χ1n) is 7.62. The molecule has 1 atom stereocenters. The van der Waals surface area contributed by atoms with Crippen LogP contribution in [0, 0.1) is 0 Å². The van der Waals surface area contributed by atoms with Crippen LogP contribution >= 0.6 is 11.3 Å². The molecule has 118 valence electrons. The van der Waals surface area contributed by atoms with Crippen LogP contribution < -0.4 is 4.90 Å². The summed E-state index contributed by atoms with van der Waals surface area (Å²) < 4.78 is 0. The molecule has 6 heteroatoms. The number of carbonyl (C=O) groups excluding carboxylic acids is 1. The van der Waals surface area contributed by atoms with Crippen LogP contribution in [0.3, 0.4) is 0 Å². The van der Waals surface area contributed by atoms with Gasteiger partial charge in [-0.15, -0.1) is 11.3 Å². The first-order valence-corrected chi connectivity index (χ1v) is 8.50. The molecule has 3 heterocycles. The molecular weight excluding hydrogens is 312 g/mol. The van der Waals surface area contributed by atoms with E-state index in [2.05, 4.69) is 0 Å². The van der Waals surface area contributed by atoms with Gasteiger partial charge in [0.15, 0.2) is 6.04 Å². The zero-order valence-corrected chi connectivity index (χ0v) is 13.3. The lowest BCUT2D eigenvalue weighted by molar-refractivity contribution is -0.142. The van der Waals surface area contributed by atoms with Crippen LogP contribution in [0.1, 0.15) is 22.0 Å². The predicted molar refractivity (Wildman–Crippen MR) is 88.0 cm³/mol. The molecule has 0 spiro atoms. The molecule has 1 unspecified atom stereocenters. The van der Waals surface area contributed by atoms with Crippen molar-refractivity contribution in [3.05, 3.63) is 51.7 Å². The van der Waals surface area contributed by atoms with Crippen LogP contribution in [0.5, 0.6) is 0 Å². The summed E-state index contributed by atoms with van der Waals surface area (Å²) in [5.41, 5.74) is 2.80. The Labute approximate surface area is 137 Å². The van der Waals surface area contributed by atoms with Crippen molar-refractivity contribution in [2.75, 3.05) is 18.0 Å². The van der Waals surface area contributed by atoms with E-state index in [1.165, 1.54) is 4.90 Å². The lowest BCUT2D eigenvalue weighted by Crippen LogP contribution is -2.49. The summed E-state index contributed by atoms with van der Waals surface area (Å²) in [7, 11) is 0. The Morgan fingerprint density at radius 1 is 1.13 bits per heavy atom. The molecule has 2 aromatic rings. The second-order valence-corrected chi connectivity index (χ2v) is 6.80. The second-order valence-electron chi connectivity index (χ2n) is 5.80. The lowest BCUT2D eigenvalue weighted by atomic mass is 10.0. The Kier molecular flexibility index (Phi) is 3.34. The molecule has 0 fully saturated rings. The van der Waals surface area contributed by atoms with Crippen molar-refractivity contribution in [1.82, 2.24) is 4.90 Å². The summed E-state index contributed by atoms with van der Waals surface area (Å²) in [6, 6.07) is 8.55. The van der Waals surface area contributed by atoms with E-state index in [1.54, 1.807) is 16.2 Å². The first-order chi connectivity index (χ1) is 11.2. The Morgan fingerprint density at radius 3 is 2.78 bits per heavy atom. The Morgan fingerprint density at radius 2 is 1.96 bits per heavy atom. The van der Waals surface area contributed by atoms with E-state index in [9.17, 15) is 14.7 Å². The van der Waals surface area contributed by atoms with E-state index >= 15 is 0 Å². The maximum absolute atomic E-state index is 13.0. The summed E-state index contributed by atoms with van der Waals surface area (Å²) in [4.78, 5) is 29.1. The maximum atomic E-state index is 13.0. The topological polar surface area (TPSA) is 60.9 Å². The molecular formula is C17H16N2O3S. The number of carboxylic acid groups (broad SMARTS) is 1. The molecule has 0 radical (unpaired) electrons. The average molecular weight is 328 g/mol. The second kappa shape index (κ2) is 5.38. The van der Waals surface area contributed by atoms with Gasteiger partial charge in [0, 0.05) is 23.7 Å². The van der Waals surface area contributed by atoms with Gasteiger partial charge in [-0.25, -0.2) is 9.59 Å². The smallest absolute Gasteiger partial charge is 0.331 e. The van der Waals surface area contributed by atoms with Gasteiger partial charge in [-0.1, -0.05) is 18.2 Å². The van der Waals surface area contributed by atoms with Crippen molar-refractivity contribution in [3.8, 4) is 0 Å². The van der Waals surface area contributed by atoms with Gasteiger partial charge in [0.2, 0.25) is 0 Å². The summed E-state index contributed by atoms with van der Waals surface area (Å²) in [6.45, 7) is 1.06. The van der Waals surface area contributed by atoms with Gasteiger partial charge < -0.3 is 10.0 Å². The third kappa shape index (κ3) is 2.21. The molecule has 2 aliphatic heterocycles. The van der Waals surface area contributed by atoms with E-state index in [0.29, 0.717) is 13.1 Å². The minimum absolute atomic E-state index is 0.209. The number of hydrogen-bond donors (Lipinski definition) is 1.